The quantitative estimate of drug-likeness (QED) is 0.845. The second-order valence-electron chi connectivity index (χ2n) is 3.92. The van der Waals surface area contributed by atoms with Crippen LogP contribution in [0.4, 0.5) is 4.39 Å². The third-order valence-corrected chi connectivity index (χ3v) is 3.88. The predicted molar refractivity (Wildman–Crippen MR) is 72.3 cm³/mol. The molecule has 0 aromatic heterocycles. The van der Waals surface area contributed by atoms with Crippen LogP contribution < -0.4 is 5.73 Å². The Balaban J connectivity index is 2.29. The summed E-state index contributed by atoms with van der Waals surface area (Å²) in [4.78, 5) is 12.1. The molecule has 19 heavy (non-hydrogen) atoms. The highest BCUT2D eigenvalue weighted by molar-refractivity contribution is 8.00. The number of amides is 1. The Morgan fingerprint density at radius 1 is 1.16 bits per heavy atom. The number of benzene rings is 2. The molecule has 0 bridgehead atoms. The SMILES string of the molecule is NC(=O)C(Sc1ccccc1O)c1ccc(F)cc1. The maximum Gasteiger partial charge on any atom is 0.235 e. The Hall–Kier alpha value is -2.01. The predicted octanol–water partition coefficient (Wildman–Crippen LogP) is 2.85. The number of carbonyl (C=O) groups is 1. The Bertz CT molecular complexity index is 586. The maximum atomic E-state index is 12.9. The molecule has 2 rings (SSSR count). The first-order valence-electron chi connectivity index (χ1n) is 5.57. The fourth-order valence-electron chi connectivity index (χ4n) is 1.61. The molecule has 98 valence electrons. The molecule has 0 aliphatic carbocycles. The molecule has 1 unspecified atom stereocenters. The van der Waals surface area contributed by atoms with E-state index in [0.717, 1.165) is 11.8 Å². The largest absolute Gasteiger partial charge is 0.507 e. The number of aromatic hydroxyl groups is 1. The lowest BCUT2D eigenvalue weighted by Crippen LogP contribution is -2.18. The van der Waals surface area contributed by atoms with Crippen LogP contribution >= 0.6 is 11.8 Å². The van der Waals surface area contributed by atoms with E-state index in [4.69, 9.17) is 5.73 Å². The van der Waals surface area contributed by atoms with Gasteiger partial charge in [-0.25, -0.2) is 4.39 Å². The number of hydrogen-bond donors (Lipinski definition) is 2. The van der Waals surface area contributed by atoms with Crippen molar-refractivity contribution in [2.75, 3.05) is 0 Å². The Labute approximate surface area is 114 Å². The fraction of sp³-hybridized carbons (Fsp3) is 0.0714. The third-order valence-electron chi connectivity index (χ3n) is 2.54. The zero-order valence-electron chi connectivity index (χ0n) is 9.92. The summed E-state index contributed by atoms with van der Waals surface area (Å²) in [7, 11) is 0. The van der Waals surface area contributed by atoms with Gasteiger partial charge in [-0.2, -0.15) is 0 Å². The van der Waals surface area contributed by atoms with Crippen LogP contribution in [0.2, 0.25) is 0 Å². The van der Waals surface area contributed by atoms with Crippen molar-refractivity contribution in [2.24, 2.45) is 5.73 Å². The van der Waals surface area contributed by atoms with Crippen molar-refractivity contribution in [3.63, 3.8) is 0 Å². The zero-order valence-corrected chi connectivity index (χ0v) is 10.7. The minimum atomic E-state index is -0.672. The number of phenolic OH excluding ortho intramolecular Hbond substituents is 1. The van der Waals surface area contributed by atoms with Crippen LogP contribution in [0.3, 0.4) is 0 Å². The molecular formula is C14H12FNO2S. The molecule has 2 aromatic rings. The van der Waals surface area contributed by atoms with Gasteiger partial charge < -0.3 is 10.8 Å². The molecule has 0 saturated carbocycles. The van der Waals surface area contributed by atoms with Gasteiger partial charge in [-0.05, 0) is 29.8 Å². The number of carbonyl (C=O) groups excluding carboxylic acids is 1. The van der Waals surface area contributed by atoms with Gasteiger partial charge in [0.1, 0.15) is 16.8 Å². The highest BCUT2D eigenvalue weighted by Gasteiger charge is 2.20. The lowest BCUT2D eigenvalue weighted by Gasteiger charge is -2.14. The fourth-order valence-corrected chi connectivity index (χ4v) is 2.62. The summed E-state index contributed by atoms with van der Waals surface area (Å²) < 4.78 is 12.9. The van der Waals surface area contributed by atoms with Crippen molar-refractivity contribution in [3.8, 4) is 5.75 Å². The van der Waals surface area contributed by atoms with E-state index >= 15 is 0 Å². The molecule has 1 amide bonds. The van der Waals surface area contributed by atoms with Crippen molar-refractivity contribution >= 4 is 17.7 Å². The first-order chi connectivity index (χ1) is 9.08. The number of phenols is 1. The van der Waals surface area contributed by atoms with E-state index in [1.807, 2.05) is 0 Å². The molecule has 2 aromatic carbocycles. The van der Waals surface area contributed by atoms with E-state index < -0.39 is 11.2 Å². The van der Waals surface area contributed by atoms with E-state index in [1.165, 1.54) is 30.3 Å². The first-order valence-corrected chi connectivity index (χ1v) is 6.45. The van der Waals surface area contributed by atoms with Gasteiger partial charge in [-0.15, -0.1) is 11.8 Å². The van der Waals surface area contributed by atoms with Crippen molar-refractivity contribution < 1.29 is 14.3 Å². The highest BCUT2D eigenvalue weighted by Crippen LogP contribution is 2.39. The summed E-state index contributed by atoms with van der Waals surface area (Å²) >= 11 is 1.14. The number of thioether (sulfide) groups is 1. The Morgan fingerprint density at radius 2 is 1.79 bits per heavy atom. The average molecular weight is 277 g/mol. The lowest BCUT2D eigenvalue weighted by molar-refractivity contribution is -0.117. The van der Waals surface area contributed by atoms with Gasteiger partial charge in [-0.3, -0.25) is 4.79 Å². The molecule has 0 aliphatic heterocycles. The number of rotatable bonds is 4. The second-order valence-corrected chi connectivity index (χ2v) is 5.07. The molecule has 5 heteroatoms. The number of primary amides is 1. The smallest absolute Gasteiger partial charge is 0.235 e. The number of para-hydroxylation sites is 1. The lowest BCUT2D eigenvalue weighted by atomic mass is 10.1. The van der Waals surface area contributed by atoms with Crippen LogP contribution in [0, 0.1) is 5.82 Å². The maximum absolute atomic E-state index is 12.9. The summed E-state index contributed by atoms with van der Waals surface area (Å²) in [5.41, 5.74) is 5.97. The molecular weight excluding hydrogens is 265 g/mol. The van der Waals surface area contributed by atoms with E-state index in [-0.39, 0.29) is 11.6 Å². The molecule has 3 N–H and O–H groups in total. The molecule has 1 atom stereocenters. The van der Waals surface area contributed by atoms with E-state index in [9.17, 15) is 14.3 Å². The van der Waals surface area contributed by atoms with Gasteiger partial charge in [0.05, 0.1) is 4.90 Å². The number of hydrogen-bond acceptors (Lipinski definition) is 3. The number of halogens is 1. The third kappa shape index (κ3) is 3.26. The zero-order chi connectivity index (χ0) is 13.8. The minimum absolute atomic E-state index is 0.0841. The second kappa shape index (κ2) is 5.75. The normalized spacial score (nSPS) is 12.1. The van der Waals surface area contributed by atoms with Gasteiger partial charge in [0.2, 0.25) is 5.91 Å². The summed E-state index contributed by atoms with van der Waals surface area (Å²) in [6.07, 6.45) is 0. The summed E-state index contributed by atoms with van der Waals surface area (Å²) in [5.74, 6) is -0.833. The average Bonchev–Trinajstić information content (AvgIpc) is 2.39. The van der Waals surface area contributed by atoms with Crippen LogP contribution in [-0.4, -0.2) is 11.0 Å². The number of nitrogens with two attached hydrogens (primary N) is 1. The molecule has 0 aliphatic rings. The Morgan fingerprint density at radius 3 is 2.37 bits per heavy atom. The van der Waals surface area contributed by atoms with E-state index in [2.05, 4.69) is 0 Å². The molecule has 0 saturated heterocycles. The highest BCUT2D eigenvalue weighted by atomic mass is 32.2. The van der Waals surface area contributed by atoms with Gasteiger partial charge >= 0.3 is 0 Å². The van der Waals surface area contributed by atoms with Gasteiger partial charge in [0.25, 0.3) is 0 Å². The molecule has 0 fully saturated rings. The molecule has 3 nitrogen and oxygen atoms in total. The molecule has 0 radical (unpaired) electrons. The topological polar surface area (TPSA) is 63.3 Å². The van der Waals surface area contributed by atoms with Crippen molar-refractivity contribution in [1.29, 1.82) is 0 Å². The summed E-state index contributed by atoms with van der Waals surface area (Å²) in [5, 5.41) is 9.03. The van der Waals surface area contributed by atoms with E-state index in [0.29, 0.717) is 10.5 Å². The summed E-state index contributed by atoms with van der Waals surface area (Å²) in [6.45, 7) is 0. The standard InChI is InChI=1S/C14H12FNO2S/c15-10-7-5-9(6-8-10)13(14(16)18)19-12-4-2-1-3-11(12)17/h1-8,13,17H,(H2,16,18). The van der Waals surface area contributed by atoms with Crippen LogP contribution in [0.5, 0.6) is 5.75 Å². The molecule has 0 heterocycles. The van der Waals surface area contributed by atoms with Crippen LogP contribution in [0.1, 0.15) is 10.8 Å². The van der Waals surface area contributed by atoms with Gasteiger partial charge in [0, 0.05) is 0 Å². The van der Waals surface area contributed by atoms with Crippen LogP contribution in [0.25, 0.3) is 0 Å². The summed E-state index contributed by atoms with van der Waals surface area (Å²) in [6, 6.07) is 12.2. The van der Waals surface area contributed by atoms with Crippen molar-refractivity contribution in [2.45, 2.75) is 10.1 Å². The van der Waals surface area contributed by atoms with Crippen LogP contribution in [-0.2, 0) is 4.79 Å². The van der Waals surface area contributed by atoms with Gasteiger partial charge in [-0.1, -0.05) is 24.3 Å². The first kappa shape index (κ1) is 13.4. The minimum Gasteiger partial charge on any atom is -0.507 e. The monoisotopic (exact) mass is 277 g/mol. The van der Waals surface area contributed by atoms with Crippen molar-refractivity contribution in [1.82, 2.24) is 0 Å². The van der Waals surface area contributed by atoms with Gasteiger partial charge in [0.15, 0.2) is 0 Å². The van der Waals surface area contributed by atoms with E-state index in [1.54, 1.807) is 18.2 Å². The Kier molecular flexibility index (Phi) is 4.06. The van der Waals surface area contributed by atoms with Crippen LogP contribution in [0.15, 0.2) is 53.4 Å². The molecule has 0 spiro atoms. The van der Waals surface area contributed by atoms with Crippen molar-refractivity contribution in [3.05, 3.63) is 59.9 Å².